The SMILES string of the molecule is CC(NC(=O)c1cn2ccccc2n1)c1ccc(S(C)(=O)=O)cc1. The summed E-state index contributed by atoms with van der Waals surface area (Å²) in [6.45, 7) is 1.84. The Morgan fingerprint density at radius 3 is 2.50 bits per heavy atom. The van der Waals surface area contributed by atoms with Gasteiger partial charge < -0.3 is 9.72 Å². The molecule has 2 heterocycles. The number of imidazole rings is 1. The molecule has 3 rings (SSSR count). The number of carbonyl (C=O) groups excluding carboxylic acids is 1. The van der Waals surface area contributed by atoms with E-state index in [9.17, 15) is 13.2 Å². The lowest BCUT2D eigenvalue weighted by Gasteiger charge is -2.13. The molecule has 1 unspecified atom stereocenters. The summed E-state index contributed by atoms with van der Waals surface area (Å²) in [6, 6.07) is 11.8. The number of sulfone groups is 1. The van der Waals surface area contributed by atoms with E-state index in [2.05, 4.69) is 10.3 Å². The van der Waals surface area contributed by atoms with Crippen LogP contribution in [0.15, 0.2) is 59.8 Å². The minimum atomic E-state index is -3.23. The van der Waals surface area contributed by atoms with Crippen LogP contribution in [-0.2, 0) is 9.84 Å². The first-order valence-corrected chi connectivity index (χ1v) is 9.28. The zero-order chi connectivity index (χ0) is 17.3. The van der Waals surface area contributed by atoms with Crippen molar-refractivity contribution in [3.8, 4) is 0 Å². The summed E-state index contributed by atoms with van der Waals surface area (Å²) < 4.78 is 24.7. The Labute approximate surface area is 140 Å². The number of benzene rings is 1. The van der Waals surface area contributed by atoms with Gasteiger partial charge in [0.15, 0.2) is 9.84 Å². The molecule has 24 heavy (non-hydrogen) atoms. The predicted molar refractivity (Wildman–Crippen MR) is 90.6 cm³/mol. The van der Waals surface area contributed by atoms with Gasteiger partial charge in [0, 0.05) is 18.6 Å². The van der Waals surface area contributed by atoms with Gasteiger partial charge in [0.25, 0.3) is 5.91 Å². The van der Waals surface area contributed by atoms with Gasteiger partial charge in [0.2, 0.25) is 0 Å². The number of hydrogen-bond acceptors (Lipinski definition) is 4. The Bertz CT molecular complexity index is 958. The quantitative estimate of drug-likeness (QED) is 0.788. The Hall–Kier alpha value is -2.67. The molecule has 0 radical (unpaired) electrons. The molecule has 6 nitrogen and oxygen atoms in total. The molecule has 0 saturated carbocycles. The fourth-order valence-electron chi connectivity index (χ4n) is 2.40. The highest BCUT2D eigenvalue weighted by Crippen LogP contribution is 2.17. The van der Waals surface area contributed by atoms with Gasteiger partial charge in [0.05, 0.1) is 10.9 Å². The lowest BCUT2D eigenvalue weighted by molar-refractivity contribution is 0.0935. The second-order valence-electron chi connectivity index (χ2n) is 5.63. The average Bonchev–Trinajstić information content (AvgIpc) is 2.98. The van der Waals surface area contributed by atoms with Crippen molar-refractivity contribution in [2.45, 2.75) is 17.9 Å². The number of rotatable bonds is 4. The van der Waals surface area contributed by atoms with Crippen molar-refractivity contribution in [2.75, 3.05) is 6.26 Å². The van der Waals surface area contributed by atoms with Crippen LogP contribution in [0.3, 0.4) is 0 Å². The van der Waals surface area contributed by atoms with Gasteiger partial charge in [-0.05, 0) is 36.8 Å². The Balaban J connectivity index is 1.76. The van der Waals surface area contributed by atoms with Crippen LogP contribution in [0, 0.1) is 0 Å². The lowest BCUT2D eigenvalue weighted by Crippen LogP contribution is -2.26. The minimum absolute atomic E-state index is 0.255. The summed E-state index contributed by atoms with van der Waals surface area (Å²) in [5.74, 6) is -0.279. The van der Waals surface area contributed by atoms with Gasteiger partial charge >= 0.3 is 0 Å². The van der Waals surface area contributed by atoms with Gasteiger partial charge in [-0.15, -0.1) is 0 Å². The van der Waals surface area contributed by atoms with E-state index in [-0.39, 0.29) is 16.8 Å². The first-order valence-electron chi connectivity index (χ1n) is 7.39. The van der Waals surface area contributed by atoms with Crippen molar-refractivity contribution >= 4 is 21.4 Å². The van der Waals surface area contributed by atoms with E-state index in [0.29, 0.717) is 11.3 Å². The van der Waals surface area contributed by atoms with E-state index < -0.39 is 9.84 Å². The van der Waals surface area contributed by atoms with Gasteiger partial charge in [-0.3, -0.25) is 4.79 Å². The molecule has 0 bridgehead atoms. The van der Waals surface area contributed by atoms with Crippen LogP contribution in [0.1, 0.15) is 29.0 Å². The standard InChI is InChI=1S/C17H17N3O3S/c1-12(13-6-8-14(9-7-13)24(2,22)23)18-17(21)15-11-20-10-4-3-5-16(20)19-15/h3-12H,1-2H3,(H,18,21). The number of hydrogen-bond donors (Lipinski definition) is 1. The van der Waals surface area contributed by atoms with Gasteiger partial charge in [-0.1, -0.05) is 18.2 Å². The number of nitrogens with one attached hydrogen (secondary N) is 1. The number of pyridine rings is 1. The first kappa shape index (κ1) is 16.2. The van der Waals surface area contributed by atoms with Crippen LogP contribution in [0.5, 0.6) is 0 Å². The molecule has 1 N–H and O–H groups in total. The molecule has 0 fully saturated rings. The van der Waals surface area contributed by atoms with Crippen molar-refractivity contribution in [3.05, 3.63) is 66.1 Å². The summed E-state index contributed by atoms with van der Waals surface area (Å²) in [6.07, 6.45) is 4.66. The zero-order valence-electron chi connectivity index (χ0n) is 13.3. The van der Waals surface area contributed by atoms with Crippen LogP contribution >= 0.6 is 0 Å². The van der Waals surface area contributed by atoms with Crippen molar-refractivity contribution in [2.24, 2.45) is 0 Å². The molecule has 0 aliphatic rings. The second kappa shape index (κ2) is 6.09. The minimum Gasteiger partial charge on any atom is -0.344 e. The van der Waals surface area contributed by atoms with Crippen molar-refractivity contribution in [1.82, 2.24) is 14.7 Å². The normalized spacial score (nSPS) is 12.9. The Kier molecular flexibility index (Phi) is 4.11. The van der Waals surface area contributed by atoms with Crippen LogP contribution < -0.4 is 5.32 Å². The van der Waals surface area contributed by atoms with Crippen LogP contribution in [0.4, 0.5) is 0 Å². The fourth-order valence-corrected chi connectivity index (χ4v) is 3.03. The monoisotopic (exact) mass is 343 g/mol. The highest BCUT2D eigenvalue weighted by molar-refractivity contribution is 7.90. The molecule has 2 aromatic heterocycles. The number of amides is 1. The largest absolute Gasteiger partial charge is 0.344 e. The van der Waals surface area contributed by atoms with Crippen LogP contribution in [0.2, 0.25) is 0 Å². The van der Waals surface area contributed by atoms with E-state index in [0.717, 1.165) is 11.8 Å². The lowest BCUT2D eigenvalue weighted by atomic mass is 10.1. The molecule has 1 atom stereocenters. The molecule has 1 amide bonds. The van der Waals surface area contributed by atoms with Gasteiger partial charge in [-0.25, -0.2) is 13.4 Å². The van der Waals surface area contributed by atoms with E-state index in [1.807, 2.05) is 31.3 Å². The molecule has 3 aromatic rings. The number of carbonyl (C=O) groups is 1. The number of aromatic nitrogens is 2. The third-order valence-electron chi connectivity index (χ3n) is 3.75. The number of nitrogens with zero attached hydrogens (tertiary/aromatic N) is 2. The molecule has 124 valence electrons. The summed E-state index contributed by atoms with van der Waals surface area (Å²) >= 11 is 0. The molecule has 0 aliphatic carbocycles. The third kappa shape index (κ3) is 3.30. The van der Waals surface area contributed by atoms with Gasteiger partial charge in [-0.2, -0.15) is 0 Å². The maximum Gasteiger partial charge on any atom is 0.271 e. The maximum atomic E-state index is 12.3. The third-order valence-corrected chi connectivity index (χ3v) is 4.88. The summed E-state index contributed by atoms with van der Waals surface area (Å²) in [5, 5.41) is 2.87. The molecular formula is C17H17N3O3S. The van der Waals surface area contributed by atoms with Crippen LogP contribution in [0.25, 0.3) is 5.65 Å². The van der Waals surface area contributed by atoms with Gasteiger partial charge in [0.1, 0.15) is 11.3 Å². The fraction of sp³-hybridized carbons (Fsp3) is 0.176. The summed E-state index contributed by atoms with van der Waals surface area (Å²) in [7, 11) is -3.23. The Morgan fingerprint density at radius 2 is 1.88 bits per heavy atom. The molecule has 0 aliphatic heterocycles. The zero-order valence-corrected chi connectivity index (χ0v) is 14.1. The van der Waals surface area contributed by atoms with Crippen molar-refractivity contribution in [1.29, 1.82) is 0 Å². The molecule has 7 heteroatoms. The second-order valence-corrected chi connectivity index (χ2v) is 7.64. The number of fused-ring (bicyclic) bond motifs is 1. The van der Waals surface area contributed by atoms with E-state index in [1.54, 1.807) is 22.7 Å². The Morgan fingerprint density at radius 1 is 1.17 bits per heavy atom. The van der Waals surface area contributed by atoms with Crippen molar-refractivity contribution in [3.63, 3.8) is 0 Å². The van der Waals surface area contributed by atoms with E-state index in [1.165, 1.54) is 12.1 Å². The molecule has 0 spiro atoms. The van der Waals surface area contributed by atoms with Crippen LogP contribution in [-0.4, -0.2) is 30.0 Å². The molecule has 0 saturated heterocycles. The highest BCUT2D eigenvalue weighted by atomic mass is 32.2. The summed E-state index contributed by atoms with van der Waals surface area (Å²) in [5.41, 5.74) is 1.85. The maximum absolute atomic E-state index is 12.3. The average molecular weight is 343 g/mol. The predicted octanol–water partition coefficient (Wildman–Crippen LogP) is 2.23. The smallest absolute Gasteiger partial charge is 0.271 e. The molecule has 1 aromatic carbocycles. The van der Waals surface area contributed by atoms with Crippen molar-refractivity contribution < 1.29 is 13.2 Å². The molecular weight excluding hydrogens is 326 g/mol. The summed E-state index contributed by atoms with van der Waals surface area (Å²) in [4.78, 5) is 16.9. The first-order chi connectivity index (χ1) is 11.3. The van der Waals surface area contributed by atoms with E-state index in [4.69, 9.17) is 0 Å². The highest BCUT2D eigenvalue weighted by Gasteiger charge is 2.15. The topological polar surface area (TPSA) is 80.5 Å². The van der Waals surface area contributed by atoms with E-state index >= 15 is 0 Å².